The van der Waals surface area contributed by atoms with Gasteiger partial charge in [0.1, 0.15) is 0 Å². The van der Waals surface area contributed by atoms with Crippen LogP contribution in [0.3, 0.4) is 0 Å². The fourth-order valence-corrected chi connectivity index (χ4v) is 2.89. The number of nitrogens with zero attached hydrogens (tertiary/aromatic N) is 1. The fourth-order valence-electron chi connectivity index (χ4n) is 2.89. The SMILES string of the molecule is CCCCCCCCCCCCNC(C)CN(CC)CC. The minimum Gasteiger partial charge on any atom is -0.313 e. The number of likely N-dealkylation sites (N-methyl/N-ethyl adjacent to an activating group) is 1. The van der Waals surface area contributed by atoms with Crippen molar-refractivity contribution in [2.75, 3.05) is 26.2 Å². The van der Waals surface area contributed by atoms with Gasteiger partial charge >= 0.3 is 0 Å². The van der Waals surface area contributed by atoms with Crippen LogP contribution in [0.15, 0.2) is 0 Å². The molecule has 128 valence electrons. The number of hydrogen-bond donors (Lipinski definition) is 1. The Morgan fingerprint density at radius 3 is 1.67 bits per heavy atom. The lowest BCUT2D eigenvalue weighted by molar-refractivity contribution is 0.271. The van der Waals surface area contributed by atoms with Gasteiger partial charge in [-0.05, 0) is 33.0 Å². The molecule has 0 aromatic rings. The molecule has 0 saturated heterocycles. The third-order valence-corrected chi connectivity index (χ3v) is 4.45. The molecule has 0 saturated carbocycles. The predicted octanol–water partition coefficient (Wildman–Crippen LogP) is 5.23. The first-order valence-electron chi connectivity index (χ1n) is 9.70. The molecular formula is C19H42N2. The molecule has 2 heteroatoms. The van der Waals surface area contributed by atoms with Crippen LogP contribution in [0.4, 0.5) is 0 Å². The summed E-state index contributed by atoms with van der Waals surface area (Å²) in [5.74, 6) is 0. The van der Waals surface area contributed by atoms with Crippen molar-refractivity contribution in [1.82, 2.24) is 10.2 Å². The molecule has 0 spiro atoms. The number of hydrogen-bond acceptors (Lipinski definition) is 2. The highest BCUT2D eigenvalue weighted by Gasteiger charge is 2.05. The largest absolute Gasteiger partial charge is 0.313 e. The monoisotopic (exact) mass is 298 g/mol. The van der Waals surface area contributed by atoms with Crippen LogP contribution >= 0.6 is 0 Å². The van der Waals surface area contributed by atoms with Crippen molar-refractivity contribution in [1.29, 1.82) is 0 Å². The second kappa shape index (κ2) is 16.3. The molecule has 0 fully saturated rings. The Balaban J connectivity index is 3.21. The summed E-state index contributed by atoms with van der Waals surface area (Å²) >= 11 is 0. The quantitative estimate of drug-likeness (QED) is 0.393. The van der Waals surface area contributed by atoms with Gasteiger partial charge in [0.2, 0.25) is 0 Å². The summed E-state index contributed by atoms with van der Waals surface area (Å²) < 4.78 is 0. The lowest BCUT2D eigenvalue weighted by Gasteiger charge is -2.23. The zero-order chi connectivity index (χ0) is 15.8. The first kappa shape index (κ1) is 20.9. The Kier molecular flexibility index (Phi) is 16.2. The molecule has 0 amide bonds. The summed E-state index contributed by atoms with van der Waals surface area (Å²) in [6.07, 6.45) is 14.2. The van der Waals surface area contributed by atoms with Gasteiger partial charge in [0.05, 0.1) is 0 Å². The summed E-state index contributed by atoms with van der Waals surface area (Å²) in [7, 11) is 0. The van der Waals surface area contributed by atoms with Crippen LogP contribution in [0, 0.1) is 0 Å². The van der Waals surface area contributed by atoms with Crippen molar-refractivity contribution in [3.05, 3.63) is 0 Å². The van der Waals surface area contributed by atoms with E-state index in [9.17, 15) is 0 Å². The van der Waals surface area contributed by atoms with Gasteiger partial charge < -0.3 is 10.2 Å². The van der Waals surface area contributed by atoms with Crippen molar-refractivity contribution in [2.45, 2.75) is 97.9 Å². The predicted molar refractivity (Wildman–Crippen MR) is 97.1 cm³/mol. The molecule has 0 aliphatic heterocycles. The highest BCUT2D eigenvalue weighted by Crippen LogP contribution is 2.10. The second-order valence-corrected chi connectivity index (χ2v) is 6.52. The molecule has 0 heterocycles. The standard InChI is InChI=1S/C19H42N2/c1-5-8-9-10-11-12-13-14-15-16-17-20-19(4)18-21(6-2)7-3/h19-20H,5-18H2,1-4H3. The van der Waals surface area contributed by atoms with Crippen LogP contribution in [0.5, 0.6) is 0 Å². The molecule has 0 aliphatic carbocycles. The van der Waals surface area contributed by atoms with Crippen molar-refractivity contribution in [3.8, 4) is 0 Å². The van der Waals surface area contributed by atoms with Crippen LogP contribution < -0.4 is 5.32 Å². The number of unbranched alkanes of at least 4 members (excludes halogenated alkanes) is 9. The Labute approximate surface area is 135 Å². The van der Waals surface area contributed by atoms with Gasteiger partial charge in [-0.15, -0.1) is 0 Å². The van der Waals surface area contributed by atoms with Gasteiger partial charge in [-0.25, -0.2) is 0 Å². The topological polar surface area (TPSA) is 15.3 Å². The van der Waals surface area contributed by atoms with Gasteiger partial charge in [-0.1, -0.05) is 78.6 Å². The Bertz CT molecular complexity index is 190. The first-order valence-corrected chi connectivity index (χ1v) is 9.70. The molecule has 0 aromatic carbocycles. The summed E-state index contributed by atoms with van der Waals surface area (Å²) in [6.45, 7) is 13.8. The average Bonchev–Trinajstić information content (AvgIpc) is 2.50. The minimum absolute atomic E-state index is 0.628. The van der Waals surface area contributed by atoms with E-state index in [0.29, 0.717) is 6.04 Å². The number of nitrogens with one attached hydrogen (secondary N) is 1. The Hall–Kier alpha value is -0.0800. The van der Waals surface area contributed by atoms with Crippen molar-refractivity contribution in [2.24, 2.45) is 0 Å². The average molecular weight is 299 g/mol. The third-order valence-electron chi connectivity index (χ3n) is 4.45. The molecule has 1 atom stereocenters. The maximum Gasteiger partial charge on any atom is 0.0166 e. The van der Waals surface area contributed by atoms with Crippen molar-refractivity contribution in [3.63, 3.8) is 0 Å². The maximum absolute atomic E-state index is 3.67. The van der Waals surface area contributed by atoms with Gasteiger partial charge in [-0.2, -0.15) is 0 Å². The van der Waals surface area contributed by atoms with E-state index in [0.717, 1.165) is 0 Å². The highest BCUT2D eigenvalue weighted by molar-refractivity contribution is 4.66. The third kappa shape index (κ3) is 14.6. The van der Waals surface area contributed by atoms with E-state index in [-0.39, 0.29) is 0 Å². The Morgan fingerprint density at radius 1 is 0.714 bits per heavy atom. The van der Waals surface area contributed by atoms with Crippen LogP contribution in [0.1, 0.15) is 91.9 Å². The Morgan fingerprint density at radius 2 is 1.19 bits per heavy atom. The minimum atomic E-state index is 0.628. The smallest absolute Gasteiger partial charge is 0.0166 e. The second-order valence-electron chi connectivity index (χ2n) is 6.52. The highest BCUT2D eigenvalue weighted by atomic mass is 15.1. The van der Waals surface area contributed by atoms with Gasteiger partial charge in [-0.3, -0.25) is 0 Å². The van der Waals surface area contributed by atoms with Crippen LogP contribution in [-0.4, -0.2) is 37.1 Å². The van der Waals surface area contributed by atoms with Crippen LogP contribution in [0.25, 0.3) is 0 Å². The lowest BCUT2D eigenvalue weighted by atomic mass is 10.1. The van der Waals surface area contributed by atoms with Gasteiger partial charge in [0, 0.05) is 12.6 Å². The zero-order valence-electron chi connectivity index (χ0n) is 15.4. The van der Waals surface area contributed by atoms with Crippen LogP contribution in [-0.2, 0) is 0 Å². The summed E-state index contributed by atoms with van der Waals surface area (Å²) in [4.78, 5) is 2.50. The molecule has 0 aromatic heterocycles. The first-order chi connectivity index (χ1) is 10.2. The van der Waals surface area contributed by atoms with E-state index in [1.54, 1.807) is 0 Å². The lowest BCUT2D eigenvalue weighted by Crippen LogP contribution is -2.39. The molecule has 0 radical (unpaired) electrons. The molecule has 1 N–H and O–H groups in total. The normalized spacial score (nSPS) is 13.0. The molecule has 0 bridgehead atoms. The van der Waals surface area contributed by atoms with E-state index in [1.807, 2.05) is 0 Å². The van der Waals surface area contributed by atoms with E-state index in [1.165, 1.54) is 90.4 Å². The van der Waals surface area contributed by atoms with E-state index in [4.69, 9.17) is 0 Å². The van der Waals surface area contributed by atoms with Crippen LogP contribution in [0.2, 0.25) is 0 Å². The fraction of sp³-hybridized carbons (Fsp3) is 1.00. The molecule has 21 heavy (non-hydrogen) atoms. The molecule has 1 unspecified atom stereocenters. The van der Waals surface area contributed by atoms with Crippen molar-refractivity contribution < 1.29 is 0 Å². The molecule has 0 rings (SSSR count). The van der Waals surface area contributed by atoms with Gasteiger partial charge in [0.15, 0.2) is 0 Å². The van der Waals surface area contributed by atoms with E-state index >= 15 is 0 Å². The summed E-state index contributed by atoms with van der Waals surface area (Å²) in [6, 6.07) is 0.628. The van der Waals surface area contributed by atoms with Crippen molar-refractivity contribution >= 4 is 0 Å². The molecule has 2 nitrogen and oxygen atoms in total. The molecule has 0 aliphatic rings. The zero-order valence-corrected chi connectivity index (χ0v) is 15.4. The van der Waals surface area contributed by atoms with E-state index in [2.05, 4.69) is 37.9 Å². The summed E-state index contributed by atoms with van der Waals surface area (Å²) in [5, 5.41) is 3.67. The number of rotatable bonds is 16. The van der Waals surface area contributed by atoms with Gasteiger partial charge in [0.25, 0.3) is 0 Å². The molecular weight excluding hydrogens is 256 g/mol. The summed E-state index contributed by atoms with van der Waals surface area (Å²) in [5.41, 5.74) is 0. The maximum atomic E-state index is 3.67. The van der Waals surface area contributed by atoms with E-state index < -0.39 is 0 Å².